The molecular formula is C120H240. The van der Waals surface area contributed by atoms with E-state index < -0.39 is 0 Å². The normalized spacial score (nSPS) is 35.6. The predicted molar refractivity (Wildman–Crippen MR) is 551 cm³/mol. The van der Waals surface area contributed by atoms with Crippen LogP contribution >= 0.6 is 0 Å². The minimum absolute atomic E-state index is 0.601. The first-order valence-corrected chi connectivity index (χ1v) is 54.9. The molecule has 10 aliphatic rings. The highest BCUT2D eigenvalue weighted by molar-refractivity contribution is 5.08. The topological polar surface area (TPSA) is 0 Å². The summed E-state index contributed by atoms with van der Waals surface area (Å²) < 4.78 is 0. The second-order valence-electron chi connectivity index (χ2n) is 53.9. The van der Waals surface area contributed by atoms with E-state index in [0.29, 0.717) is 27.1 Å². The lowest BCUT2D eigenvalue weighted by atomic mass is 9.64. The molecule has 0 nitrogen and oxygen atoms in total. The molecule has 10 saturated carbocycles. The molecule has 0 spiro atoms. The summed E-state index contributed by atoms with van der Waals surface area (Å²) in [5.41, 5.74) is 4.76. The van der Waals surface area contributed by atoms with E-state index in [1.807, 2.05) is 0 Å². The van der Waals surface area contributed by atoms with Gasteiger partial charge >= 0.3 is 0 Å². The molecule has 0 aromatic heterocycles. The third kappa shape index (κ3) is 31.9. The van der Waals surface area contributed by atoms with Crippen molar-refractivity contribution < 1.29 is 0 Å². The Morgan fingerprint density at radius 1 is 0.250 bits per heavy atom. The van der Waals surface area contributed by atoms with E-state index in [9.17, 15) is 0 Å². The van der Waals surface area contributed by atoms with Crippen LogP contribution in [0.25, 0.3) is 0 Å². The van der Waals surface area contributed by atoms with Crippen molar-refractivity contribution in [2.75, 3.05) is 0 Å². The standard InChI is InChI=1S/3C13H26.5C12H24.C11H22.C10H20/c1-9(2)11-7-13(5,6)8-12(11)10(3)4;1-8(2)12-7-10(5)11(6)13(12)9(3)4;1-6-13(11(4)5)9-7-8-12(13)10(2)3;1-8(2)11-7-12(11,9(3)4)10(5)6;1-8(2)11-6-10(5)7-12(11)9(3)4;1-9(2)11-7-6-8-12(11,5)10(3)4;1-8(2)11-7-6-10(5)12(11)9(3)4;1-6-7-12(10(4)5)8-11(12)9(2)3;1-6-11(9(4)5)7-10(11)8(2)3;1-7(2)9-6-10(9,5)8(3)4/h9-12H,7-8H2,1-6H3;8-13H,7H2,1-6H3;10-12H,6-9H2,1-5H3;8-11H,7H2,1-6H3;8-12H,6-7H2,1-5H3;9-11H,6-8H2,1-5H3;8-12H,6-7H2,1-5H3;9-11H,6-8H2,1-5H3;8-10H,6-7H2,1-5H3;7-9H,6H2,1-5H3. The molecule has 0 bridgehead atoms. The van der Waals surface area contributed by atoms with E-state index >= 15 is 0 Å². The average molecular weight is 1680 g/mol. The van der Waals surface area contributed by atoms with Crippen molar-refractivity contribution in [3.63, 3.8) is 0 Å². The summed E-state index contributed by atoms with van der Waals surface area (Å²) in [6.07, 6.45) is 30.5. The van der Waals surface area contributed by atoms with Crippen LogP contribution in [0.3, 0.4) is 0 Å². The highest BCUT2D eigenvalue weighted by Gasteiger charge is 2.60. The zero-order valence-corrected chi connectivity index (χ0v) is 93.9. The number of hydrogen-bond donors (Lipinski definition) is 0. The summed E-state index contributed by atoms with van der Waals surface area (Å²) in [5.74, 6) is 36.2. The molecule has 0 saturated heterocycles. The van der Waals surface area contributed by atoms with E-state index in [0.717, 1.165) is 242 Å². The van der Waals surface area contributed by atoms with Crippen LogP contribution in [0.4, 0.5) is 0 Å². The van der Waals surface area contributed by atoms with Crippen LogP contribution in [-0.4, -0.2) is 0 Å². The Hall–Kier alpha value is 0. The van der Waals surface area contributed by atoms with Crippen LogP contribution in [0, 0.1) is 269 Å². The average Bonchev–Trinajstić information content (AvgIpc) is 1.57. The van der Waals surface area contributed by atoms with E-state index in [2.05, 4.69) is 367 Å². The third-order valence-electron chi connectivity index (χ3n) is 39.3. The molecule has 10 aliphatic carbocycles. The van der Waals surface area contributed by atoms with Gasteiger partial charge in [0.25, 0.3) is 0 Å². The van der Waals surface area contributed by atoms with Crippen LogP contribution in [-0.2, 0) is 0 Å². The fourth-order valence-corrected chi connectivity index (χ4v) is 30.3. The summed E-state index contributed by atoms with van der Waals surface area (Å²) in [4.78, 5) is 0. The van der Waals surface area contributed by atoms with Crippen LogP contribution < -0.4 is 0 Å². The van der Waals surface area contributed by atoms with Crippen LogP contribution in [0.1, 0.15) is 502 Å². The third-order valence-corrected chi connectivity index (χ3v) is 39.3. The van der Waals surface area contributed by atoms with E-state index in [4.69, 9.17) is 0 Å². The highest BCUT2D eigenvalue weighted by Crippen LogP contribution is 2.67. The predicted octanol–water partition coefficient (Wildman–Crippen LogP) is 40.2. The molecule has 0 radical (unpaired) electrons. The van der Waals surface area contributed by atoms with Gasteiger partial charge in [-0.1, -0.05) is 393 Å². The molecule has 0 amide bonds. The van der Waals surface area contributed by atoms with Crippen molar-refractivity contribution >= 4 is 0 Å². The lowest BCUT2D eigenvalue weighted by Gasteiger charge is -2.41. The fraction of sp³-hybridized carbons (Fsp3) is 1.00. The van der Waals surface area contributed by atoms with Gasteiger partial charge in [-0.3, -0.25) is 0 Å². The first kappa shape index (κ1) is 118. The smallest absolute Gasteiger partial charge is 0.0218 e. The first-order valence-electron chi connectivity index (χ1n) is 54.9. The largest absolute Gasteiger partial charge is 0.0654 e. The summed E-state index contributed by atoms with van der Waals surface area (Å²) in [5, 5.41) is 0. The summed E-state index contributed by atoms with van der Waals surface area (Å²) in [7, 11) is 0. The quantitative estimate of drug-likeness (QED) is 0.0855. The Kier molecular flexibility index (Phi) is 50.3. The second kappa shape index (κ2) is 51.1. The Balaban J connectivity index is 0.000000667. The molecule has 10 rings (SSSR count). The molecule has 0 heterocycles. The second-order valence-corrected chi connectivity index (χ2v) is 53.9. The van der Waals surface area contributed by atoms with Gasteiger partial charge in [-0.15, -0.1) is 0 Å². The zero-order valence-electron chi connectivity index (χ0n) is 93.9. The molecule has 0 aromatic carbocycles. The van der Waals surface area contributed by atoms with Crippen molar-refractivity contribution in [1.29, 1.82) is 0 Å². The maximum atomic E-state index is 2.50. The molecule has 22 atom stereocenters. The molecule has 0 heteroatoms. The van der Waals surface area contributed by atoms with Crippen LogP contribution in [0.15, 0.2) is 0 Å². The van der Waals surface area contributed by atoms with Gasteiger partial charge in [-0.25, -0.2) is 0 Å². The maximum Gasteiger partial charge on any atom is -0.0218 e. The van der Waals surface area contributed by atoms with Gasteiger partial charge in [0, 0.05) is 0 Å². The Morgan fingerprint density at radius 3 is 0.842 bits per heavy atom. The minimum Gasteiger partial charge on any atom is -0.0654 e. The van der Waals surface area contributed by atoms with Crippen LogP contribution in [0.5, 0.6) is 0 Å². The van der Waals surface area contributed by atoms with Gasteiger partial charge in [0.05, 0.1) is 0 Å². The lowest BCUT2D eigenvalue weighted by Crippen LogP contribution is -2.33. The molecule has 10 fully saturated rings. The Morgan fingerprint density at radius 2 is 0.608 bits per heavy atom. The van der Waals surface area contributed by atoms with Gasteiger partial charge in [-0.2, -0.15) is 0 Å². The molecule has 0 aliphatic heterocycles. The van der Waals surface area contributed by atoms with Gasteiger partial charge in [-0.05, 0) is 378 Å². The van der Waals surface area contributed by atoms with E-state index in [1.54, 1.807) is 0 Å². The molecule has 22 unspecified atom stereocenters. The van der Waals surface area contributed by atoms with E-state index in [1.165, 1.54) is 135 Å². The SMILES string of the molecule is CC(C)C1CC(C)(C)CC1C(C)C.CC(C)C1CC(C)C(C)C1C(C)C.CC(C)C1CC1(C(C)C)C(C)C.CC(C)C1CC1(C)C(C)C.CC(C)C1CCC(C)C1C(C)C.CC(C)C1CCCC1(C)C(C)C.CC1CC(C(C)C)C(C(C)C)C1.CCC1(C(C)C)CC1C(C)C.CCC1(C(C)C)CCCC1C(C)C.CCCC1(C(C)C)CC1C(C)C. The molecule has 720 valence electrons. The van der Waals surface area contributed by atoms with Crippen molar-refractivity contribution in [1.82, 2.24) is 0 Å². The van der Waals surface area contributed by atoms with E-state index in [-0.39, 0.29) is 0 Å². The summed E-state index contributed by atoms with van der Waals surface area (Å²) in [6, 6.07) is 0. The van der Waals surface area contributed by atoms with Crippen molar-refractivity contribution in [3.05, 3.63) is 0 Å². The fourth-order valence-electron chi connectivity index (χ4n) is 30.3. The number of rotatable bonds is 25. The van der Waals surface area contributed by atoms with Gasteiger partial charge < -0.3 is 0 Å². The van der Waals surface area contributed by atoms with Crippen molar-refractivity contribution in [2.24, 2.45) is 269 Å². The van der Waals surface area contributed by atoms with Gasteiger partial charge in [0.2, 0.25) is 0 Å². The molecule has 0 N–H and O–H groups in total. The zero-order chi connectivity index (χ0) is 93.9. The lowest BCUT2D eigenvalue weighted by molar-refractivity contribution is 0.0829. The molecule has 0 aromatic rings. The Labute approximate surface area is 765 Å². The minimum atomic E-state index is 0.601. The molecular weight excluding hydrogens is 1440 g/mol. The number of hydrogen-bond acceptors (Lipinski definition) is 0. The van der Waals surface area contributed by atoms with Crippen molar-refractivity contribution in [2.45, 2.75) is 502 Å². The first-order chi connectivity index (χ1) is 54.9. The van der Waals surface area contributed by atoms with Crippen LogP contribution in [0.2, 0.25) is 0 Å². The monoisotopic (exact) mass is 1680 g/mol. The van der Waals surface area contributed by atoms with Crippen molar-refractivity contribution in [3.8, 4) is 0 Å². The Bertz CT molecular complexity index is 2570. The molecule has 120 heavy (non-hydrogen) atoms. The van der Waals surface area contributed by atoms with Gasteiger partial charge in [0.15, 0.2) is 0 Å². The summed E-state index contributed by atoms with van der Waals surface area (Å²) in [6.45, 7) is 127. The highest BCUT2D eigenvalue weighted by atomic mass is 14.6. The van der Waals surface area contributed by atoms with Gasteiger partial charge in [0.1, 0.15) is 0 Å². The summed E-state index contributed by atoms with van der Waals surface area (Å²) >= 11 is 0. The maximum absolute atomic E-state index is 2.50.